The van der Waals surface area contributed by atoms with Crippen molar-refractivity contribution < 1.29 is 27.5 Å². The van der Waals surface area contributed by atoms with Gasteiger partial charge in [-0.3, -0.25) is 4.79 Å². The summed E-state index contributed by atoms with van der Waals surface area (Å²) >= 11 is 11.9. The van der Waals surface area contributed by atoms with Crippen molar-refractivity contribution in [3.05, 3.63) is 52.5 Å². The van der Waals surface area contributed by atoms with Crippen molar-refractivity contribution in [1.29, 1.82) is 0 Å². The maximum Gasteiger partial charge on any atom is 0.420 e. The average Bonchev–Trinajstić information content (AvgIpc) is 2.65. The molecular weight excluding hydrogens is 431 g/mol. The van der Waals surface area contributed by atoms with Crippen molar-refractivity contribution in [2.24, 2.45) is 0 Å². The number of sulfonamides is 1. The molecule has 2 aromatic rings. The predicted molar refractivity (Wildman–Crippen MR) is 104 cm³/mol. The van der Waals surface area contributed by atoms with Crippen LogP contribution in [0.2, 0.25) is 10.0 Å². The Bertz CT molecular complexity index is 980. The van der Waals surface area contributed by atoms with E-state index in [0.717, 1.165) is 7.11 Å². The zero-order valence-corrected chi connectivity index (χ0v) is 17.1. The number of ether oxygens (including phenoxy) is 2. The Hall–Kier alpha value is -2.49. The van der Waals surface area contributed by atoms with Crippen molar-refractivity contribution in [2.75, 3.05) is 12.4 Å². The Labute approximate surface area is 171 Å². The third kappa shape index (κ3) is 5.51. The Morgan fingerprint density at radius 2 is 1.71 bits per heavy atom. The molecule has 2 rings (SSSR count). The molecule has 0 fully saturated rings. The quantitative estimate of drug-likeness (QED) is 0.702. The molecule has 0 aromatic heterocycles. The van der Waals surface area contributed by atoms with E-state index in [9.17, 15) is 18.0 Å². The number of hydrogen-bond donors (Lipinski definition) is 2. The number of hydrogen-bond acceptors (Lipinski definition) is 6. The molecule has 0 bridgehead atoms. The highest BCUT2D eigenvalue weighted by Crippen LogP contribution is 2.32. The summed E-state index contributed by atoms with van der Waals surface area (Å²) in [7, 11) is -3.03. The zero-order valence-electron chi connectivity index (χ0n) is 14.7. The molecule has 0 saturated carbocycles. The molecule has 0 aliphatic carbocycles. The van der Waals surface area contributed by atoms with Gasteiger partial charge in [0.1, 0.15) is 10.8 Å². The first kappa shape index (κ1) is 21.8. The van der Waals surface area contributed by atoms with E-state index in [-0.39, 0.29) is 15.7 Å². The normalized spacial score (nSPS) is 12.0. The Kier molecular flexibility index (Phi) is 7.11. The van der Waals surface area contributed by atoms with E-state index >= 15 is 0 Å². The van der Waals surface area contributed by atoms with Gasteiger partial charge in [0.25, 0.3) is 15.9 Å². The van der Waals surface area contributed by atoms with Crippen LogP contribution in [0, 0.1) is 0 Å². The van der Waals surface area contributed by atoms with Gasteiger partial charge in [0.15, 0.2) is 6.10 Å². The molecule has 2 N–H and O–H groups in total. The molecule has 2 aromatic carbocycles. The van der Waals surface area contributed by atoms with Crippen LogP contribution < -0.4 is 14.8 Å². The van der Waals surface area contributed by atoms with Crippen LogP contribution in [-0.4, -0.2) is 33.6 Å². The fourth-order valence-corrected chi connectivity index (χ4v) is 3.24. The lowest BCUT2D eigenvalue weighted by Gasteiger charge is -2.16. The number of nitrogens with one attached hydrogen (secondary N) is 2. The van der Waals surface area contributed by atoms with E-state index in [1.54, 1.807) is 22.9 Å². The Balaban J connectivity index is 2.04. The lowest BCUT2D eigenvalue weighted by Crippen LogP contribution is -2.31. The number of methoxy groups -OCH3 is 1. The monoisotopic (exact) mass is 446 g/mol. The second-order valence-electron chi connectivity index (χ2n) is 5.42. The lowest BCUT2D eigenvalue weighted by molar-refractivity contribution is -0.122. The summed E-state index contributed by atoms with van der Waals surface area (Å²) in [5, 5.41) is 3.07. The topological polar surface area (TPSA) is 111 Å². The molecule has 11 heteroatoms. The van der Waals surface area contributed by atoms with E-state index in [0.29, 0.717) is 10.7 Å². The molecular formula is C17H16Cl2N2O6S. The maximum atomic E-state index is 12.3. The first-order valence-electron chi connectivity index (χ1n) is 7.76. The fraction of sp³-hybridized carbons (Fsp3) is 0.176. The van der Waals surface area contributed by atoms with Crippen LogP contribution in [0.4, 0.5) is 10.5 Å². The van der Waals surface area contributed by atoms with Crippen molar-refractivity contribution in [1.82, 2.24) is 4.72 Å². The number of rotatable bonds is 6. The maximum absolute atomic E-state index is 12.3. The van der Waals surface area contributed by atoms with Gasteiger partial charge >= 0.3 is 6.09 Å². The van der Waals surface area contributed by atoms with Crippen LogP contribution in [-0.2, 0) is 19.6 Å². The van der Waals surface area contributed by atoms with Crippen molar-refractivity contribution in [3.63, 3.8) is 0 Å². The number of amides is 2. The summed E-state index contributed by atoms with van der Waals surface area (Å²) in [5.74, 6) is -0.230. The summed E-state index contributed by atoms with van der Waals surface area (Å²) in [6.07, 6.45) is -2.01. The van der Waals surface area contributed by atoms with E-state index in [2.05, 4.69) is 10.1 Å². The molecule has 0 heterocycles. The third-order valence-electron chi connectivity index (χ3n) is 3.42. The van der Waals surface area contributed by atoms with Crippen molar-refractivity contribution >= 4 is 50.9 Å². The SMILES string of the molecule is COC(=O)NS(=O)(=O)c1ccc(NC(=O)[C@H](C)Oc2cccc(Cl)c2Cl)cc1. The van der Waals surface area contributed by atoms with Gasteiger partial charge in [-0.25, -0.2) is 17.9 Å². The first-order chi connectivity index (χ1) is 13.1. The summed E-state index contributed by atoms with van der Waals surface area (Å²) in [6.45, 7) is 1.52. The summed E-state index contributed by atoms with van der Waals surface area (Å²) in [6, 6.07) is 9.97. The molecule has 0 radical (unpaired) electrons. The fourth-order valence-electron chi connectivity index (χ4n) is 1.99. The predicted octanol–water partition coefficient (Wildman–Crippen LogP) is 3.44. The third-order valence-corrected chi connectivity index (χ3v) is 5.55. The number of halogens is 2. The smallest absolute Gasteiger partial charge is 0.420 e. The second kappa shape index (κ2) is 9.13. The number of anilines is 1. The highest BCUT2D eigenvalue weighted by atomic mass is 35.5. The number of benzene rings is 2. The van der Waals surface area contributed by atoms with Crippen LogP contribution in [0.15, 0.2) is 47.4 Å². The molecule has 0 aliphatic heterocycles. The van der Waals surface area contributed by atoms with Crippen LogP contribution in [0.5, 0.6) is 5.75 Å². The van der Waals surface area contributed by atoms with Crippen LogP contribution in [0.3, 0.4) is 0 Å². The summed E-state index contributed by atoms with van der Waals surface area (Å²) < 4.78 is 35.4. The van der Waals surface area contributed by atoms with Gasteiger partial charge in [-0.15, -0.1) is 0 Å². The van der Waals surface area contributed by atoms with Gasteiger partial charge in [0.2, 0.25) is 0 Å². The molecule has 8 nitrogen and oxygen atoms in total. The molecule has 150 valence electrons. The van der Waals surface area contributed by atoms with Crippen molar-refractivity contribution in [2.45, 2.75) is 17.9 Å². The molecule has 0 unspecified atom stereocenters. The van der Waals surface area contributed by atoms with Gasteiger partial charge in [0.05, 0.1) is 17.0 Å². The standard InChI is InChI=1S/C17H16Cl2N2O6S/c1-10(27-14-5-3-4-13(18)15(14)19)16(22)20-11-6-8-12(9-7-11)28(24,25)21-17(23)26-2/h3-10H,1-2H3,(H,20,22)(H,21,23)/t10-/m0/s1. The zero-order chi connectivity index (χ0) is 20.9. The molecule has 28 heavy (non-hydrogen) atoms. The van der Waals surface area contributed by atoms with E-state index in [4.69, 9.17) is 27.9 Å². The molecule has 0 saturated heterocycles. The molecule has 2 amide bonds. The van der Waals surface area contributed by atoms with Gasteiger partial charge < -0.3 is 14.8 Å². The van der Waals surface area contributed by atoms with E-state index in [1.165, 1.54) is 31.2 Å². The van der Waals surface area contributed by atoms with E-state index in [1.807, 2.05) is 0 Å². The van der Waals surface area contributed by atoms with Crippen LogP contribution in [0.1, 0.15) is 6.92 Å². The largest absolute Gasteiger partial charge is 0.479 e. The van der Waals surface area contributed by atoms with Crippen LogP contribution in [0.25, 0.3) is 0 Å². The molecule has 0 spiro atoms. The minimum absolute atomic E-state index is 0.175. The minimum atomic E-state index is -4.07. The van der Waals surface area contributed by atoms with Gasteiger partial charge in [-0.2, -0.15) is 0 Å². The highest BCUT2D eigenvalue weighted by Gasteiger charge is 2.19. The highest BCUT2D eigenvalue weighted by molar-refractivity contribution is 7.90. The summed E-state index contributed by atoms with van der Waals surface area (Å²) in [4.78, 5) is 23.2. The van der Waals surface area contributed by atoms with Gasteiger partial charge in [-0.05, 0) is 43.3 Å². The van der Waals surface area contributed by atoms with E-state index < -0.39 is 28.1 Å². The second-order valence-corrected chi connectivity index (χ2v) is 7.89. The molecule has 0 aliphatic rings. The minimum Gasteiger partial charge on any atom is -0.479 e. The van der Waals surface area contributed by atoms with Crippen LogP contribution >= 0.6 is 23.2 Å². The Morgan fingerprint density at radius 3 is 2.32 bits per heavy atom. The average molecular weight is 447 g/mol. The first-order valence-corrected chi connectivity index (χ1v) is 10.0. The van der Waals surface area contributed by atoms with Crippen molar-refractivity contribution in [3.8, 4) is 5.75 Å². The van der Waals surface area contributed by atoms with Gasteiger partial charge in [0, 0.05) is 5.69 Å². The number of carbonyl (C=O) groups excluding carboxylic acids is 2. The lowest BCUT2D eigenvalue weighted by atomic mass is 10.3. The molecule has 1 atom stereocenters. The summed E-state index contributed by atoms with van der Waals surface area (Å²) in [5.41, 5.74) is 0.328. The number of carbonyl (C=O) groups is 2. The Morgan fingerprint density at radius 1 is 1.07 bits per heavy atom. The van der Waals surface area contributed by atoms with Gasteiger partial charge in [-0.1, -0.05) is 29.3 Å².